The first-order valence-electron chi connectivity index (χ1n) is 7.36. The van der Waals surface area contributed by atoms with Crippen molar-refractivity contribution in [1.29, 1.82) is 0 Å². The third-order valence-corrected chi connectivity index (χ3v) is 4.44. The summed E-state index contributed by atoms with van der Waals surface area (Å²) in [5.74, 6) is -0.575. The molecule has 0 saturated carbocycles. The SMILES string of the molecule is COC1CN(C(=O)N2CCC(CC(=O)O)CC2)CC1OC. The van der Waals surface area contributed by atoms with Gasteiger partial charge >= 0.3 is 12.0 Å². The van der Waals surface area contributed by atoms with Gasteiger partial charge in [-0.15, -0.1) is 0 Å². The summed E-state index contributed by atoms with van der Waals surface area (Å²) in [5, 5.41) is 8.81. The number of carboxylic acids is 1. The van der Waals surface area contributed by atoms with Gasteiger partial charge in [0.1, 0.15) is 12.2 Å². The summed E-state index contributed by atoms with van der Waals surface area (Å²) >= 11 is 0. The number of amides is 2. The fraction of sp³-hybridized carbons (Fsp3) is 0.857. The van der Waals surface area contributed by atoms with Gasteiger partial charge in [-0.25, -0.2) is 4.79 Å². The summed E-state index contributed by atoms with van der Waals surface area (Å²) in [4.78, 5) is 26.8. The highest BCUT2D eigenvalue weighted by molar-refractivity contribution is 5.75. The van der Waals surface area contributed by atoms with E-state index < -0.39 is 5.97 Å². The number of methoxy groups -OCH3 is 2. The number of likely N-dealkylation sites (tertiary alicyclic amines) is 2. The van der Waals surface area contributed by atoms with Gasteiger partial charge in [0, 0.05) is 33.7 Å². The van der Waals surface area contributed by atoms with E-state index in [0.717, 1.165) is 12.8 Å². The average Bonchev–Trinajstić information content (AvgIpc) is 2.90. The van der Waals surface area contributed by atoms with Crippen LogP contribution in [0, 0.1) is 5.92 Å². The van der Waals surface area contributed by atoms with E-state index in [4.69, 9.17) is 14.6 Å². The molecule has 0 aliphatic carbocycles. The van der Waals surface area contributed by atoms with Crippen LogP contribution in [0.15, 0.2) is 0 Å². The van der Waals surface area contributed by atoms with Gasteiger partial charge in [0.2, 0.25) is 0 Å². The van der Waals surface area contributed by atoms with E-state index >= 15 is 0 Å². The molecular formula is C14H24N2O5. The Morgan fingerprint density at radius 3 is 2.00 bits per heavy atom. The highest BCUT2D eigenvalue weighted by Gasteiger charge is 2.38. The van der Waals surface area contributed by atoms with E-state index in [1.54, 1.807) is 19.1 Å². The summed E-state index contributed by atoms with van der Waals surface area (Å²) in [6.45, 7) is 2.34. The molecule has 2 atom stereocenters. The number of ether oxygens (including phenoxy) is 2. The molecule has 2 rings (SSSR count). The molecule has 21 heavy (non-hydrogen) atoms. The number of carbonyl (C=O) groups excluding carboxylic acids is 1. The third-order valence-electron chi connectivity index (χ3n) is 4.44. The van der Waals surface area contributed by atoms with Crippen LogP contribution in [0.2, 0.25) is 0 Å². The standard InChI is InChI=1S/C14H24N2O5/c1-20-11-8-16(9-12(11)21-2)14(19)15-5-3-10(4-6-15)7-13(17)18/h10-12H,3-9H2,1-2H3,(H,17,18). The molecule has 2 heterocycles. The molecule has 7 nitrogen and oxygen atoms in total. The zero-order chi connectivity index (χ0) is 15.4. The second-order valence-electron chi connectivity index (χ2n) is 5.76. The van der Waals surface area contributed by atoms with Crippen molar-refractivity contribution in [2.45, 2.75) is 31.5 Å². The first-order chi connectivity index (χ1) is 10.0. The molecule has 120 valence electrons. The maximum atomic E-state index is 12.5. The van der Waals surface area contributed by atoms with Crippen molar-refractivity contribution in [3.05, 3.63) is 0 Å². The lowest BCUT2D eigenvalue weighted by Gasteiger charge is -2.34. The van der Waals surface area contributed by atoms with Crippen LogP contribution in [0.1, 0.15) is 19.3 Å². The number of aliphatic carboxylic acids is 1. The van der Waals surface area contributed by atoms with Gasteiger partial charge in [0.25, 0.3) is 0 Å². The maximum absolute atomic E-state index is 12.5. The van der Waals surface area contributed by atoms with Crippen LogP contribution in [0.3, 0.4) is 0 Å². The number of urea groups is 1. The lowest BCUT2D eigenvalue weighted by Crippen LogP contribution is -2.46. The van der Waals surface area contributed by atoms with Gasteiger partial charge in [0.05, 0.1) is 13.1 Å². The summed E-state index contributed by atoms with van der Waals surface area (Å²) < 4.78 is 10.7. The van der Waals surface area contributed by atoms with Gasteiger partial charge in [-0.1, -0.05) is 0 Å². The average molecular weight is 300 g/mol. The molecule has 2 aliphatic heterocycles. The molecule has 0 aromatic heterocycles. The molecule has 0 aromatic rings. The van der Waals surface area contributed by atoms with Crippen molar-refractivity contribution in [2.75, 3.05) is 40.4 Å². The predicted octanol–water partition coefficient (Wildman–Crippen LogP) is 0.639. The Balaban J connectivity index is 1.84. The van der Waals surface area contributed by atoms with Gasteiger partial charge in [-0.05, 0) is 18.8 Å². The number of carbonyl (C=O) groups is 2. The quantitative estimate of drug-likeness (QED) is 0.824. The van der Waals surface area contributed by atoms with Crippen molar-refractivity contribution in [1.82, 2.24) is 9.80 Å². The monoisotopic (exact) mass is 300 g/mol. The minimum Gasteiger partial charge on any atom is -0.481 e. The van der Waals surface area contributed by atoms with E-state index in [9.17, 15) is 9.59 Å². The number of hydrogen-bond acceptors (Lipinski definition) is 4. The normalized spacial score (nSPS) is 27.1. The molecule has 0 aromatic carbocycles. The Bertz CT molecular complexity index is 370. The van der Waals surface area contributed by atoms with Crippen molar-refractivity contribution in [2.24, 2.45) is 5.92 Å². The molecule has 2 unspecified atom stereocenters. The van der Waals surface area contributed by atoms with Crippen molar-refractivity contribution in [3.8, 4) is 0 Å². The highest BCUT2D eigenvalue weighted by atomic mass is 16.5. The zero-order valence-electron chi connectivity index (χ0n) is 12.7. The minimum absolute atomic E-state index is 0.00498. The molecule has 0 spiro atoms. The molecule has 2 amide bonds. The summed E-state index contributed by atoms with van der Waals surface area (Å²) in [6.07, 6.45) is 1.55. The Morgan fingerprint density at radius 1 is 1.05 bits per heavy atom. The van der Waals surface area contributed by atoms with Gasteiger partial charge < -0.3 is 24.4 Å². The smallest absolute Gasteiger partial charge is 0.320 e. The van der Waals surface area contributed by atoms with Gasteiger partial charge in [-0.3, -0.25) is 4.79 Å². The van der Waals surface area contributed by atoms with Gasteiger partial charge in [-0.2, -0.15) is 0 Å². The first kappa shape index (κ1) is 16.0. The Kier molecular flexibility index (Phi) is 5.41. The van der Waals surface area contributed by atoms with Crippen LogP contribution < -0.4 is 0 Å². The van der Waals surface area contributed by atoms with E-state index in [1.165, 1.54) is 0 Å². The third kappa shape index (κ3) is 3.85. The van der Waals surface area contributed by atoms with Crippen molar-refractivity contribution >= 4 is 12.0 Å². The summed E-state index contributed by atoms with van der Waals surface area (Å²) in [5.41, 5.74) is 0. The second-order valence-corrected chi connectivity index (χ2v) is 5.76. The predicted molar refractivity (Wildman–Crippen MR) is 75.1 cm³/mol. The maximum Gasteiger partial charge on any atom is 0.320 e. The largest absolute Gasteiger partial charge is 0.481 e. The van der Waals surface area contributed by atoms with Crippen LogP contribution in [0.5, 0.6) is 0 Å². The Labute approximate surface area is 124 Å². The Morgan fingerprint density at radius 2 is 1.57 bits per heavy atom. The van der Waals surface area contributed by atoms with Crippen LogP contribution in [-0.2, 0) is 14.3 Å². The number of carboxylic acid groups (broad SMARTS) is 1. The topological polar surface area (TPSA) is 79.3 Å². The lowest BCUT2D eigenvalue weighted by atomic mass is 9.94. The number of hydrogen-bond donors (Lipinski definition) is 1. The molecule has 2 aliphatic rings. The van der Waals surface area contributed by atoms with Crippen molar-refractivity contribution < 1.29 is 24.2 Å². The molecule has 0 bridgehead atoms. The molecule has 2 fully saturated rings. The molecule has 2 saturated heterocycles. The summed E-state index contributed by atoms with van der Waals surface area (Å²) in [7, 11) is 3.25. The minimum atomic E-state index is -0.759. The van der Waals surface area contributed by atoms with E-state index in [1.807, 2.05) is 4.90 Å². The van der Waals surface area contributed by atoms with E-state index in [0.29, 0.717) is 26.2 Å². The fourth-order valence-corrected chi connectivity index (χ4v) is 3.13. The van der Waals surface area contributed by atoms with Gasteiger partial charge in [0.15, 0.2) is 0 Å². The van der Waals surface area contributed by atoms with Crippen molar-refractivity contribution in [3.63, 3.8) is 0 Å². The van der Waals surface area contributed by atoms with Crippen LogP contribution in [0.25, 0.3) is 0 Å². The molecule has 1 N–H and O–H groups in total. The zero-order valence-corrected chi connectivity index (χ0v) is 12.7. The fourth-order valence-electron chi connectivity index (χ4n) is 3.13. The summed E-state index contributed by atoms with van der Waals surface area (Å²) in [6, 6.07) is 0.00498. The number of piperidine rings is 1. The molecule has 7 heteroatoms. The van der Waals surface area contributed by atoms with E-state index in [-0.39, 0.29) is 30.6 Å². The number of nitrogens with zero attached hydrogens (tertiary/aromatic N) is 2. The van der Waals surface area contributed by atoms with Crippen LogP contribution in [0.4, 0.5) is 4.79 Å². The highest BCUT2D eigenvalue weighted by Crippen LogP contribution is 2.23. The molecule has 0 radical (unpaired) electrons. The first-order valence-corrected chi connectivity index (χ1v) is 7.36. The Hall–Kier alpha value is -1.34. The molecular weight excluding hydrogens is 276 g/mol. The van der Waals surface area contributed by atoms with Crippen LogP contribution in [-0.4, -0.2) is 79.5 Å². The van der Waals surface area contributed by atoms with Crippen LogP contribution >= 0.6 is 0 Å². The van der Waals surface area contributed by atoms with E-state index in [2.05, 4.69) is 0 Å². The number of rotatable bonds is 4. The lowest BCUT2D eigenvalue weighted by molar-refractivity contribution is -0.138. The second kappa shape index (κ2) is 7.09.